The van der Waals surface area contributed by atoms with Crippen molar-refractivity contribution in [1.29, 1.82) is 0 Å². The highest BCUT2D eigenvalue weighted by molar-refractivity contribution is 5.89. The fourth-order valence-corrected chi connectivity index (χ4v) is 4.01. The maximum absolute atomic E-state index is 12.4. The summed E-state index contributed by atoms with van der Waals surface area (Å²) in [7, 11) is 1.62. The van der Waals surface area contributed by atoms with Gasteiger partial charge in [-0.2, -0.15) is 0 Å². The molecule has 1 aliphatic heterocycles. The molecule has 2 aromatic rings. The molecule has 2 fully saturated rings. The van der Waals surface area contributed by atoms with Crippen molar-refractivity contribution in [2.45, 2.75) is 37.1 Å². The standard InChI is InChI=1S/C20H19NO6/c1-19-17(26-18(22)13-3-7-15(8-4-13)21(23)24)11-12-20(19,27-19)14-5-9-16(25-2)10-6-14/h3-10,17H,11-12H2,1-2H3/t17-,19-,20-/m0/s1. The van der Waals surface area contributed by atoms with Gasteiger partial charge in [-0.3, -0.25) is 10.1 Å². The molecule has 0 radical (unpaired) electrons. The Morgan fingerprint density at radius 2 is 1.85 bits per heavy atom. The molecule has 3 atom stereocenters. The van der Waals surface area contributed by atoms with E-state index in [-0.39, 0.29) is 17.4 Å². The van der Waals surface area contributed by atoms with Crippen LogP contribution in [0.15, 0.2) is 48.5 Å². The van der Waals surface area contributed by atoms with Gasteiger partial charge in [0.2, 0.25) is 0 Å². The van der Waals surface area contributed by atoms with Gasteiger partial charge < -0.3 is 14.2 Å². The van der Waals surface area contributed by atoms with Gasteiger partial charge in [0.25, 0.3) is 5.69 Å². The van der Waals surface area contributed by atoms with Gasteiger partial charge >= 0.3 is 5.97 Å². The van der Waals surface area contributed by atoms with Crippen LogP contribution in [-0.4, -0.2) is 29.7 Å². The second kappa shape index (κ2) is 6.06. The third-order valence-electron chi connectivity index (χ3n) is 5.64. The first-order valence-corrected chi connectivity index (χ1v) is 8.70. The van der Waals surface area contributed by atoms with E-state index in [2.05, 4.69) is 0 Å². The molecule has 27 heavy (non-hydrogen) atoms. The number of rotatable bonds is 5. The molecule has 0 unspecified atom stereocenters. The fourth-order valence-electron chi connectivity index (χ4n) is 4.01. The van der Waals surface area contributed by atoms with E-state index in [1.165, 1.54) is 24.3 Å². The molecule has 1 heterocycles. The second-order valence-electron chi connectivity index (χ2n) is 7.00. The van der Waals surface area contributed by atoms with Crippen molar-refractivity contribution < 1.29 is 23.9 Å². The van der Waals surface area contributed by atoms with Crippen LogP contribution in [0.4, 0.5) is 5.69 Å². The SMILES string of the molecule is COc1ccc([C@@]23CC[C@H](OC(=O)c4ccc([N+](=O)[O-])cc4)[C@]2(C)O3)cc1. The molecular formula is C20H19NO6. The third kappa shape index (κ3) is 2.66. The average molecular weight is 369 g/mol. The number of esters is 1. The van der Waals surface area contributed by atoms with Crippen LogP contribution in [0, 0.1) is 10.1 Å². The Balaban J connectivity index is 1.48. The van der Waals surface area contributed by atoms with E-state index < -0.39 is 22.1 Å². The number of carbonyl (C=O) groups is 1. The van der Waals surface area contributed by atoms with Crippen LogP contribution in [0.3, 0.4) is 0 Å². The summed E-state index contributed by atoms with van der Waals surface area (Å²) in [5.41, 5.74) is 0.243. The fraction of sp³-hybridized carbons (Fsp3) is 0.350. The van der Waals surface area contributed by atoms with Crippen molar-refractivity contribution in [3.05, 3.63) is 69.8 Å². The van der Waals surface area contributed by atoms with Gasteiger partial charge in [-0.15, -0.1) is 0 Å². The van der Waals surface area contributed by atoms with Gasteiger partial charge in [-0.05, 0) is 49.6 Å². The molecule has 4 rings (SSSR count). The normalized spacial score (nSPS) is 28.3. The lowest BCUT2D eigenvalue weighted by atomic mass is 9.89. The molecule has 1 saturated heterocycles. The molecule has 2 aliphatic rings. The zero-order valence-electron chi connectivity index (χ0n) is 15.0. The first kappa shape index (κ1) is 17.5. The minimum Gasteiger partial charge on any atom is -0.497 e. The molecule has 0 amide bonds. The Morgan fingerprint density at radius 3 is 2.41 bits per heavy atom. The summed E-state index contributed by atoms with van der Waals surface area (Å²) in [6.45, 7) is 1.96. The predicted molar refractivity (Wildman–Crippen MR) is 95.7 cm³/mol. The lowest BCUT2D eigenvalue weighted by molar-refractivity contribution is -0.384. The summed E-state index contributed by atoms with van der Waals surface area (Å²) >= 11 is 0. The van der Waals surface area contributed by atoms with E-state index in [9.17, 15) is 14.9 Å². The number of non-ortho nitro benzene ring substituents is 1. The number of carbonyl (C=O) groups excluding carboxylic acids is 1. The van der Waals surface area contributed by atoms with Crippen LogP contribution in [0.5, 0.6) is 5.75 Å². The van der Waals surface area contributed by atoms with Crippen LogP contribution in [0.2, 0.25) is 0 Å². The molecule has 0 bridgehead atoms. The zero-order valence-corrected chi connectivity index (χ0v) is 15.0. The molecule has 0 spiro atoms. The van der Waals surface area contributed by atoms with E-state index in [1.54, 1.807) is 7.11 Å². The smallest absolute Gasteiger partial charge is 0.338 e. The topological polar surface area (TPSA) is 91.2 Å². The summed E-state index contributed by atoms with van der Waals surface area (Å²) in [5.74, 6) is 0.272. The van der Waals surface area contributed by atoms with Gasteiger partial charge in [0.1, 0.15) is 23.1 Å². The Bertz CT molecular complexity index is 890. The number of nitro benzene ring substituents is 1. The number of fused-ring (bicyclic) bond motifs is 1. The van der Waals surface area contributed by atoms with Crippen molar-refractivity contribution >= 4 is 11.7 Å². The van der Waals surface area contributed by atoms with E-state index in [0.29, 0.717) is 6.42 Å². The van der Waals surface area contributed by atoms with Crippen molar-refractivity contribution in [2.75, 3.05) is 7.11 Å². The molecule has 140 valence electrons. The highest BCUT2D eigenvalue weighted by Crippen LogP contribution is 2.66. The molecule has 1 saturated carbocycles. The minimum absolute atomic E-state index is 0.0663. The van der Waals surface area contributed by atoms with Gasteiger partial charge in [-0.1, -0.05) is 12.1 Å². The number of methoxy groups -OCH3 is 1. The second-order valence-corrected chi connectivity index (χ2v) is 7.00. The lowest BCUT2D eigenvalue weighted by Gasteiger charge is -2.17. The number of benzene rings is 2. The quantitative estimate of drug-likeness (QED) is 0.346. The van der Waals surface area contributed by atoms with Crippen molar-refractivity contribution in [2.24, 2.45) is 0 Å². The number of nitro groups is 1. The first-order valence-electron chi connectivity index (χ1n) is 8.70. The molecular weight excluding hydrogens is 350 g/mol. The molecule has 7 heteroatoms. The lowest BCUT2D eigenvalue weighted by Crippen LogP contribution is -2.31. The number of epoxide rings is 1. The first-order chi connectivity index (χ1) is 12.9. The van der Waals surface area contributed by atoms with Crippen LogP contribution >= 0.6 is 0 Å². The van der Waals surface area contributed by atoms with Gasteiger partial charge in [0.05, 0.1) is 17.6 Å². The van der Waals surface area contributed by atoms with Crippen LogP contribution < -0.4 is 4.74 Å². The number of hydrogen-bond donors (Lipinski definition) is 0. The van der Waals surface area contributed by atoms with Gasteiger partial charge in [0, 0.05) is 12.1 Å². The van der Waals surface area contributed by atoms with E-state index in [0.717, 1.165) is 17.7 Å². The minimum atomic E-state index is -0.571. The largest absolute Gasteiger partial charge is 0.497 e. The predicted octanol–water partition coefficient (Wildman–Crippen LogP) is 3.61. The number of nitrogens with zero attached hydrogens (tertiary/aromatic N) is 1. The summed E-state index contributed by atoms with van der Waals surface area (Å²) < 4.78 is 17.0. The van der Waals surface area contributed by atoms with Crippen molar-refractivity contribution in [1.82, 2.24) is 0 Å². The van der Waals surface area contributed by atoms with Crippen molar-refractivity contribution in [3.8, 4) is 5.75 Å². The number of hydrogen-bond acceptors (Lipinski definition) is 6. The van der Waals surface area contributed by atoms with Crippen molar-refractivity contribution in [3.63, 3.8) is 0 Å². The molecule has 1 aliphatic carbocycles. The van der Waals surface area contributed by atoms with E-state index >= 15 is 0 Å². The van der Waals surface area contributed by atoms with Crippen LogP contribution in [-0.2, 0) is 15.1 Å². The zero-order chi connectivity index (χ0) is 19.2. The summed E-state index contributed by atoms with van der Waals surface area (Å²) in [4.78, 5) is 22.7. The van der Waals surface area contributed by atoms with Gasteiger partial charge in [-0.25, -0.2) is 4.79 Å². The molecule has 0 aromatic heterocycles. The van der Waals surface area contributed by atoms with Crippen LogP contribution in [0.1, 0.15) is 35.7 Å². The maximum atomic E-state index is 12.4. The van der Waals surface area contributed by atoms with Gasteiger partial charge in [0.15, 0.2) is 0 Å². The summed E-state index contributed by atoms with van der Waals surface area (Å²) in [6, 6.07) is 13.1. The molecule has 2 aromatic carbocycles. The molecule has 7 nitrogen and oxygen atoms in total. The highest BCUT2D eigenvalue weighted by Gasteiger charge is 2.76. The monoisotopic (exact) mass is 369 g/mol. The Kier molecular flexibility index (Phi) is 3.92. The summed E-state index contributed by atoms with van der Waals surface area (Å²) in [5, 5.41) is 10.7. The van der Waals surface area contributed by atoms with Crippen LogP contribution in [0.25, 0.3) is 0 Å². The molecule has 0 N–H and O–H groups in total. The summed E-state index contributed by atoms with van der Waals surface area (Å²) in [6.07, 6.45) is 1.08. The maximum Gasteiger partial charge on any atom is 0.338 e. The van der Waals surface area contributed by atoms with E-state index in [4.69, 9.17) is 14.2 Å². The third-order valence-corrected chi connectivity index (χ3v) is 5.64. The number of ether oxygens (including phenoxy) is 3. The Hall–Kier alpha value is -2.93. The highest BCUT2D eigenvalue weighted by atomic mass is 16.7. The Labute approximate surface area is 156 Å². The average Bonchev–Trinajstić information content (AvgIpc) is 3.22. The Morgan fingerprint density at radius 1 is 1.19 bits per heavy atom. The van der Waals surface area contributed by atoms with E-state index in [1.807, 2.05) is 31.2 Å².